The quantitative estimate of drug-likeness (QED) is 0.600. The van der Waals surface area contributed by atoms with Gasteiger partial charge < -0.3 is 14.3 Å². The molecule has 1 aliphatic heterocycles. The Morgan fingerprint density at radius 3 is 3.00 bits per heavy atom. The van der Waals surface area contributed by atoms with E-state index < -0.39 is 0 Å². The maximum atomic E-state index is 9.23. The van der Waals surface area contributed by atoms with Gasteiger partial charge in [0.2, 0.25) is 0 Å². The van der Waals surface area contributed by atoms with Crippen molar-refractivity contribution in [1.82, 2.24) is 0 Å². The largest absolute Gasteiger partial charge is 0.490 e. The van der Waals surface area contributed by atoms with Crippen LogP contribution in [0.1, 0.15) is 12.5 Å². The number of hydrogen-bond donors (Lipinski definition) is 1. The van der Waals surface area contributed by atoms with Gasteiger partial charge in [-0.2, -0.15) is 0 Å². The molecule has 1 aromatic heterocycles. The minimum atomic E-state index is -0.0230. The fourth-order valence-electron chi connectivity index (χ4n) is 1.27. The SMILES string of the molecule is Cc1c(O)oc2c1=CC(C)OC=2. The van der Waals surface area contributed by atoms with Gasteiger partial charge in [0.25, 0.3) is 5.95 Å². The van der Waals surface area contributed by atoms with Gasteiger partial charge in [-0.25, -0.2) is 0 Å². The fraction of sp³-hybridized carbons (Fsp3) is 0.333. The van der Waals surface area contributed by atoms with Crippen LogP contribution in [0.2, 0.25) is 0 Å². The van der Waals surface area contributed by atoms with E-state index in [0.29, 0.717) is 5.42 Å². The molecule has 0 bridgehead atoms. The molecule has 2 heterocycles. The zero-order valence-corrected chi connectivity index (χ0v) is 7.00. The van der Waals surface area contributed by atoms with E-state index in [1.807, 2.05) is 19.9 Å². The van der Waals surface area contributed by atoms with Gasteiger partial charge in [0, 0.05) is 10.8 Å². The van der Waals surface area contributed by atoms with E-state index in [9.17, 15) is 5.11 Å². The number of furan rings is 1. The predicted molar refractivity (Wildman–Crippen MR) is 43.8 cm³/mol. The van der Waals surface area contributed by atoms with Crippen LogP contribution in [0, 0.1) is 6.92 Å². The summed E-state index contributed by atoms with van der Waals surface area (Å²) in [5.41, 5.74) is 1.37. The van der Waals surface area contributed by atoms with Crippen LogP contribution in [-0.4, -0.2) is 11.2 Å². The zero-order chi connectivity index (χ0) is 8.72. The molecule has 0 aliphatic carbocycles. The third kappa shape index (κ3) is 0.897. The summed E-state index contributed by atoms with van der Waals surface area (Å²) in [6, 6.07) is 0. The summed E-state index contributed by atoms with van der Waals surface area (Å²) in [5, 5.41) is 10.2. The molecular formula is C9H10O3. The Balaban J connectivity index is 2.80. The van der Waals surface area contributed by atoms with Gasteiger partial charge in [0.1, 0.15) is 12.4 Å². The first-order chi connectivity index (χ1) is 5.68. The Morgan fingerprint density at radius 1 is 1.50 bits per heavy atom. The Kier molecular flexibility index (Phi) is 1.40. The second kappa shape index (κ2) is 2.30. The van der Waals surface area contributed by atoms with E-state index in [1.165, 1.54) is 6.26 Å². The highest BCUT2D eigenvalue weighted by Gasteiger charge is 2.10. The van der Waals surface area contributed by atoms with E-state index >= 15 is 0 Å². The lowest BCUT2D eigenvalue weighted by Crippen LogP contribution is -2.28. The van der Waals surface area contributed by atoms with Crippen molar-refractivity contribution >= 4 is 12.3 Å². The summed E-state index contributed by atoms with van der Waals surface area (Å²) in [5.74, 6) is -0.0230. The molecule has 3 nitrogen and oxygen atoms in total. The summed E-state index contributed by atoms with van der Waals surface area (Å²) in [6.07, 6.45) is 3.51. The molecule has 1 atom stereocenters. The van der Waals surface area contributed by atoms with E-state index in [-0.39, 0.29) is 12.1 Å². The topological polar surface area (TPSA) is 42.6 Å². The smallest absolute Gasteiger partial charge is 0.286 e. The van der Waals surface area contributed by atoms with Crippen molar-refractivity contribution < 1.29 is 14.3 Å². The summed E-state index contributed by atoms with van der Waals surface area (Å²) < 4.78 is 10.2. The van der Waals surface area contributed by atoms with Gasteiger partial charge in [0.15, 0.2) is 5.42 Å². The third-order valence-electron chi connectivity index (χ3n) is 1.99. The molecule has 0 radical (unpaired) electrons. The van der Waals surface area contributed by atoms with Crippen LogP contribution in [0.4, 0.5) is 0 Å². The minimum Gasteiger partial charge on any atom is -0.490 e. The van der Waals surface area contributed by atoms with Gasteiger partial charge in [-0.15, -0.1) is 0 Å². The van der Waals surface area contributed by atoms with Crippen molar-refractivity contribution in [2.45, 2.75) is 20.0 Å². The second-order valence-electron chi connectivity index (χ2n) is 2.94. The van der Waals surface area contributed by atoms with Crippen LogP contribution in [0.3, 0.4) is 0 Å². The van der Waals surface area contributed by atoms with Crippen LogP contribution in [-0.2, 0) is 4.74 Å². The summed E-state index contributed by atoms with van der Waals surface area (Å²) in [4.78, 5) is 0. The van der Waals surface area contributed by atoms with Crippen LogP contribution in [0.5, 0.6) is 5.95 Å². The summed E-state index contributed by atoms with van der Waals surface area (Å²) >= 11 is 0. The lowest BCUT2D eigenvalue weighted by Gasteiger charge is -2.07. The highest BCUT2D eigenvalue weighted by molar-refractivity contribution is 5.40. The fourth-order valence-corrected chi connectivity index (χ4v) is 1.27. The molecular weight excluding hydrogens is 156 g/mol. The maximum absolute atomic E-state index is 9.23. The van der Waals surface area contributed by atoms with Crippen molar-refractivity contribution in [2.24, 2.45) is 0 Å². The van der Waals surface area contributed by atoms with Crippen molar-refractivity contribution in [1.29, 1.82) is 0 Å². The Hall–Kier alpha value is -1.38. The molecule has 0 saturated heterocycles. The number of aromatic hydroxyl groups is 1. The van der Waals surface area contributed by atoms with E-state index in [2.05, 4.69) is 0 Å². The van der Waals surface area contributed by atoms with Crippen molar-refractivity contribution in [3.8, 4) is 5.95 Å². The van der Waals surface area contributed by atoms with Crippen LogP contribution in [0.25, 0.3) is 12.3 Å². The first kappa shape index (κ1) is 7.28. The molecule has 3 heteroatoms. The molecule has 0 spiro atoms. The van der Waals surface area contributed by atoms with E-state index in [4.69, 9.17) is 9.15 Å². The average molecular weight is 166 g/mol. The Labute approximate surface area is 69.6 Å². The van der Waals surface area contributed by atoms with Crippen molar-refractivity contribution in [3.05, 3.63) is 16.2 Å². The zero-order valence-electron chi connectivity index (χ0n) is 7.00. The molecule has 0 fully saturated rings. The summed E-state index contributed by atoms with van der Waals surface area (Å²) in [7, 11) is 0. The first-order valence-corrected chi connectivity index (χ1v) is 3.84. The third-order valence-corrected chi connectivity index (χ3v) is 1.99. The standard InChI is InChI=1S/C9H10O3/c1-5-3-7-6(2)9(10)12-8(7)4-11-5/h3-5,10H,1-2H3. The minimum absolute atomic E-state index is 0.0230. The molecule has 64 valence electrons. The Bertz CT molecular complexity index is 414. The van der Waals surface area contributed by atoms with Gasteiger partial charge in [-0.05, 0) is 19.9 Å². The number of ether oxygens (including phenoxy) is 1. The molecule has 0 aromatic carbocycles. The van der Waals surface area contributed by atoms with Crippen LogP contribution in [0.15, 0.2) is 4.42 Å². The number of hydrogen-bond acceptors (Lipinski definition) is 3. The number of rotatable bonds is 0. The van der Waals surface area contributed by atoms with Crippen molar-refractivity contribution in [3.63, 3.8) is 0 Å². The van der Waals surface area contributed by atoms with Crippen LogP contribution < -0.4 is 10.6 Å². The molecule has 0 amide bonds. The maximum Gasteiger partial charge on any atom is 0.286 e. The van der Waals surface area contributed by atoms with Gasteiger partial charge in [0.05, 0.1) is 0 Å². The average Bonchev–Trinajstić information content (AvgIpc) is 2.31. The monoisotopic (exact) mass is 166 g/mol. The lowest BCUT2D eigenvalue weighted by atomic mass is 10.2. The van der Waals surface area contributed by atoms with Gasteiger partial charge in [-0.3, -0.25) is 0 Å². The molecule has 1 N–H and O–H groups in total. The highest BCUT2D eigenvalue weighted by atomic mass is 16.5. The van der Waals surface area contributed by atoms with E-state index in [0.717, 1.165) is 10.8 Å². The summed E-state index contributed by atoms with van der Waals surface area (Å²) in [6.45, 7) is 3.75. The second-order valence-corrected chi connectivity index (χ2v) is 2.94. The molecule has 12 heavy (non-hydrogen) atoms. The Morgan fingerprint density at radius 2 is 2.25 bits per heavy atom. The van der Waals surface area contributed by atoms with Gasteiger partial charge >= 0.3 is 0 Å². The van der Waals surface area contributed by atoms with E-state index in [1.54, 1.807) is 0 Å². The van der Waals surface area contributed by atoms with Gasteiger partial charge in [-0.1, -0.05) is 0 Å². The molecule has 0 saturated carbocycles. The van der Waals surface area contributed by atoms with Crippen LogP contribution >= 0.6 is 0 Å². The number of fused-ring (bicyclic) bond motifs is 1. The lowest BCUT2D eigenvalue weighted by molar-refractivity contribution is 0.244. The highest BCUT2D eigenvalue weighted by Crippen LogP contribution is 2.09. The molecule has 2 rings (SSSR count). The molecule has 1 aliphatic rings. The van der Waals surface area contributed by atoms with Crippen molar-refractivity contribution in [2.75, 3.05) is 0 Å². The normalized spacial score (nSPS) is 20.3. The predicted octanol–water partition coefficient (Wildman–Crippen LogP) is 0.231. The first-order valence-electron chi connectivity index (χ1n) is 3.84. The molecule has 1 aromatic rings. The molecule has 1 unspecified atom stereocenters.